The monoisotopic (exact) mass is 336 g/mol. The summed E-state index contributed by atoms with van der Waals surface area (Å²) in [6.45, 7) is 2.29. The molecule has 0 heterocycles. The second kappa shape index (κ2) is 22.3. The second-order valence-electron chi connectivity index (χ2n) is 7.08. The van der Waals surface area contributed by atoms with Gasteiger partial charge in [-0.2, -0.15) is 0 Å². The van der Waals surface area contributed by atoms with Crippen LogP contribution in [0.1, 0.15) is 116 Å². The highest BCUT2D eigenvalue weighted by Crippen LogP contribution is 2.14. The van der Waals surface area contributed by atoms with Crippen LogP contribution in [0.15, 0.2) is 24.5 Å². The van der Waals surface area contributed by atoms with E-state index in [2.05, 4.69) is 19.1 Å². The zero-order chi connectivity index (χ0) is 17.6. The molecule has 0 aliphatic heterocycles. The number of hydrogen-bond donors (Lipinski definition) is 0. The Labute approximate surface area is 153 Å². The van der Waals surface area contributed by atoms with Gasteiger partial charge in [0.2, 0.25) is 0 Å². The van der Waals surface area contributed by atoms with Crippen LogP contribution < -0.4 is 0 Å². The zero-order valence-corrected chi connectivity index (χ0v) is 16.7. The number of hydrogen-bond acceptors (Lipinski definition) is 1. The molecule has 0 bridgehead atoms. The molecular formula is C23H44O. The molecule has 142 valence electrons. The average Bonchev–Trinajstić information content (AvgIpc) is 2.60. The van der Waals surface area contributed by atoms with Crippen molar-refractivity contribution in [1.82, 2.24) is 0 Å². The molecule has 0 unspecified atom stereocenters. The van der Waals surface area contributed by atoms with Crippen LogP contribution in [0.4, 0.5) is 0 Å². The van der Waals surface area contributed by atoms with Crippen molar-refractivity contribution in [1.29, 1.82) is 0 Å². The summed E-state index contributed by atoms with van der Waals surface area (Å²) < 4.78 is 4.85. The number of methoxy groups -OCH3 is 1. The molecule has 0 rings (SSSR count). The van der Waals surface area contributed by atoms with Gasteiger partial charge in [0, 0.05) is 0 Å². The van der Waals surface area contributed by atoms with Crippen LogP contribution in [0.2, 0.25) is 0 Å². The first-order chi connectivity index (χ1) is 11.9. The van der Waals surface area contributed by atoms with E-state index in [1.807, 2.05) is 6.08 Å². The molecule has 0 N–H and O–H groups in total. The van der Waals surface area contributed by atoms with Gasteiger partial charge in [-0.3, -0.25) is 0 Å². The average molecular weight is 337 g/mol. The van der Waals surface area contributed by atoms with Crippen molar-refractivity contribution in [3.05, 3.63) is 24.5 Å². The van der Waals surface area contributed by atoms with Crippen molar-refractivity contribution >= 4 is 0 Å². The van der Waals surface area contributed by atoms with E-state index in [1.165, 1.54) is 109 Å². The third-order valence-electron chi connectivity index (χ3n) is 4.69. The van der Waals surface area contributed by atoms with Crippen LogP contribution in [0.5, 0.6) is 0 Å². The van der Waals surface area contributed by atoms with Gasteiger partial charge in [0.25, 0.3) is 0 Å². The maximum absolute atomic E-state index is 4.85. The lowest BCUT2D eigenvalue weighted by Gasteiger charge is -2.03. The lowest BCUT2D eigenvalue weighted by Crippen LogP contribution is -1.83. The van der Waals surface area contributed by atoms with Gasteiger partial charge in [-0.15, -0.1) is 0 Å². The molecule has 1 heteroatoms. The Bertz CT molecular complexity index is 267. The highest BCUT2D eigenvalue weighted by Gasteiger charge is 1.94. The molecular weight excluding hydrogens is 292 g/mol. The molecule has 0 spiro atoms. The molecule has 0 aromatic carbocycles. The van der Waals surface area contributed by atoms with Crippen molar-refractivity contribution in [2.45, 2.75) is 116 Å². The predicted octanol–water partition coefficient (Wildman–Crippen LogP) is 8.35. The normalized spacial score (nSPS) is 11.8. The molecule has 24 heavy (non-hydrogen) atoms. The fourth-order valence-corrected chi connectivity index (χ4v) is 3.11. The van der Waals surface area contributed by atoms with Gasteiger partial charge in [-0.25, -0.2) is 0 Å². The molecule has 0 aliphatic rings. The smallest absolute Gasteiger partial charge is 0.0824 e. The molecule has 1 nitrogen and oxygen atoms in total. The topological polar surface area (TPSA) is 9.23 Å². The molecule has 0 aliphatic carbocycles. The van der Waals surface area contributed by atoms with Gasteiger partial charge in [0.15, 0.2) is 0 Å². The van der Waals surface area contributed by atoms with Gasteiger partial charge in [-0.05, 0) is 18.9 Å². The fourth-order valence-electron chi connectivity index (χ4n) is 3.11. The van der Waals surface area contributed by atoms with E-state index >= 15 is 0 Å². The van der Waals surface area contributed by atoms with Crippen LogP contribution in [-0.4, -0.2) is 7.11 Å². The first kappa shape index (κ1) is 23.3. The standard InChI is InChI=1S/C23H44O/c1-3-4-5-6-7-8-9-10-11-12-13-14-15-16-17-18-19-20-21-22-23-24-2/h20-23H,3-19H2,1-2H3. The maximum atomic E-state index is 4.85. The van der Waals surface area contributed by atoms with Crippen molar-refractivity contribution in [2.75, 3.05) is 7.11 Å². The van der Waals surface area contributed by atoms with E-state index in [-0.39, 0.29) is 0 Å². The third-order valence-corrected chi connectivity index (χ3v) is 4.69. The molecule has 0 radical (unpaired) electrons. The summed E-state index contributed by atoms with van der Waals surface area (Å²) >= 11 is 0. The van der Waals surface area contributed by atoms with E-state index in [4.69, 9.17) is 4.74 Å². The lowest BCUT2D eigenvalue weighted by molar-refractivity contribution is 0.338. The van der Waals surface area contributed by atoms with Crippen LogP contribution in [0.25, 0.3) is 0 Å². The van der Waals surface area contributed by atoms with Gasteiger partial charge >= 0.3 is 0 Å². The molecule has 0 atom stereocenters. The fraction of sp³-hybridized carbons (Fsp3) is 0.826. The van der Waals surface area contributed by atoms with Crippen LogP contribution >= 0.6 is 0 Å². The summed E-state index contributed by atoms with van der Waals surface area (Å²) in [6.07, 6.45) is 32.2. The summed E-state index contributed by atoms with van der Waals surface area (Å²) in [7, 11) is 1.68. The molecule has 0 saturated carbocycles. The van der Waals surface area contributed by atoms with Crippen LogP contribution in [0, 0.1) is 0 Å². The van der Waals surface area contributed by atoms with E-state index in [0.717, 1.165) is 0 Å². The number of rotatable bonds is 19. The third kappa shape index (κ3) is 21.3. The Morgan fingerprint density at radius 3 is 1.38 bits per heavy atom. The SMILES string of the molecule is CCCCCCCCCCCCCCCCCCC=CC=COC. The molecule has 0 aromatic heterocycles. The Morgan fingerprint density at radius 1 is 0.542 bits per heavy atom. The summed E-state index contributed by atoms with van der Waals surface area (Å²) in [5.74, 6) is 0. The Morgan fingerprint density at radius 2 is 0.958 bits per heavy atom. The summed E-state index contributed by atoms with van der Waals surface area (Å²) in [5.41, 5.74) is 0. The first-order valence-electron chi connectivity index (χ1n) is 10.8. The summed E-state index contributed by atoms with van der Waals surface area (Å²) in [5, 5.41) is 0. The largest absolute Gasteiger partial charge is 0.504 e. The maximum Gasteiger partial charge on any atom is 0.0824 e. The van der Waals surface area contributed by atoms with Gasteiger partial charge in [0.05, 0.1) is 13.4 Å². The minimum absolute atomic E-state index is 1.20. The second-order valence-corrected chi connectivity index (χ2v) is 7.08. The molecule has 0 fully saturated rings. The van der Waals surface area contributed by atoms with Crippen molar-refractivity contribution in [2.24, 2.45) is 0 Å². The Balaban J connectivity index is 3.02. The molecule has 0 aromatic rings. The van der Waals surface area contributed by atoms with Crippen molar-refractivity contribution in [3.63, 3.8) is 0 Å². The summed E-state index contributed by atoms with van der Waals surface area (Å²) in [6, 6.07) is 0. The van der Waals surface area contributed by atoms with Crippen molar-refractivity contribution in [3.8, 4) is 0 Å². The predicted molar refractivity (Wildman–Crippen MR) is 109 cm³/mol. The minimum Gasteiger partial charge on any atom is -0.504 e. The van der Waals surface area contributed by atoms with Crippen LogP contribution in [0.3, 0.4) is 0 Å². The highest BCUT2D eigenvalue weighted by molar-refractivity contribution is 4.99. The van der Waals surface area contributed by atoms with E-state index in [1.54, 1.807) is 13.4 Å². The van der Waals surface area contributed by atoms with E-state index < -0.39 is 0 Å². The number of ether oxygens (including phenoxy) is 1. The van der Waals surface area contributed by atoms with E-state index in [9.17, 15) is 0 Å². The van der Waals surface area contributed by atoms with E-state index in [0.29, 0.717) is 0 Å². The number of allylic oxidation sites excluding steroid dienone is 3. The van der Waals surface area contributed by atoms with Crippen LogP contribution in [-0.2, 0) is 4.74 Å². The zero-order valence-electron chi connectivity index (χ0n) is 16.7. The van der Waals surface area contributed by atoms with Gasteiger partial charge in [0.1, 0.15) is 0 Å². The molecule has 0 amide bonds. The Hall–Kier alpha value is -0.720. The number of unbranched alkanes of at least 4 members (excludes halogenated alkanes) is 16. The first-order valence-corrected chi connectivity index (χ1v) is 10.8. The highest BCUT2D eigenvalue weighted by atomic mass is 16.5. The Kier molecular flexibility index (Phi) is 21.6. The quantitative estimate of drug-likeness (QED) is 0.131. The van der Waals surface area contributed by atoms with Gasteiger partial charge < -0.3 is 4.74 Å². The summed E-state index contributed by atoms with van der Waals surface area (Å²) in [4.78, 5) is 0. The molecule has 0 saturated heterocycles. The van der Waals surface area contributed by atoms with Gasteiger partial charge in [-0.1, -0.05) is 115 Å². The minimum atomic E-state index is 1.20. The van der Waals surface area contributed by atoms with Crippen molar-refractivity contribution < 1.29 is 4.74 Å². The lowest BCUT2D eigenvalue weighted by atomic mass is 10.0.